The highest BCUT2D eigenvalue weighted by atomic mass is 16.3. The monoisotopic (exact) mass is 434 g/mol. The molecule has 0 fully saturated rings. The van der Waals surface area contributed by atoms with E-state index >= 15 is 0 Å². The van der Waals surface area contributed by atoms with Gasteiger partial charge in [-0.3, -0.25) is 4.79 Å². The minimum Gasteiger partial charge on any atom is -0.392 e. The van der Waals surface area contributed by atoms with Crippen LogP contribution in [-0.4, -0.2) is 30.1 Å². The van der Waals surface area contributed by atoms with Crippen LogP contribution in [-0.2, 0) is 11.4 Å². The Morgan fingerprint density at radius 2 is 1.32 bits per heavy atom. The van der Waals surface area contributed by atoms with E-state index in [1.807, 2.05) is 76.2 Å². The fourth-order valence-corrected chi connectivity index (χ4v) is 1.86. The number of amides is 1. The minimum atomic E-state index is -0.468. The van der Waals surface area contributed by atoms with Gasteiger partial charge in [0.2, 0.25) is 5.91 Å². The van der Waals surface area contributed by atoms with Gasteiger partial charge in [0.05, 0.1) is 12.6 Å². The van der Waals surface area contributed by atoms with Crippen molar-refractivity contribution >= 4 is 5.91 Å². The third-order valence-electron chi connectivity index (χ3n) is 3.46. The maximum atomic E-state index is 10.3. The molecule has 0 spiro atoms. The highest BCUT2D eigenvalue weighted by Gasteiger charge is 2.09. The molecule has 0 bridgehead atoms. The lowest BCUT2D eigenvalue weighted by Gasteiger charge is -2.08. The molecular weight excluding hydrogens is 388 g/mol. The molecule has 0 aliphatic heterocycles. The number of benzene rings is 2. The highest BCUT2D eigenvalue weighted by Crippen LogP contribution is 2.01. The number of rotatable bonds is 6. The Morgan fingerprint density at radius 1 is 0.903 bits per heavy atom. The Balaban J connectivity index is -0.000000334. The average molecular weight is 435 g/mol. The number of primary amides is 1. The third kappa shape index (κ3) is 27.8. The molecule has 0 saturated carbocycles. The summed E-state index contributed by atoms with van der Waals surface area (Å²) in [4.78, 5) is 10.3. The van der Waals surface area contributed by atoms with Crippen molar-refractivity contribution in [3.05, 3.63) is 71.8 Å². The Labute approximate surface area is 190 Å². The summed E-state index contributed by atoms with van der Waals surface area (Å²) >= 11 is 0. The Hall–Kier alpha value is -2.25. The summed E-state index contributed by atoms with van der Waals surface area (Å²) in [6.45, 7) is 11.7. The predicted octanol–water partition coefficient (Wildman–Crippen LogP) is 3.34. The zero-order chi connectivity index (χ0) is 24.5. The molecule has 0 saturated heterocycles. The minimum absolute atomic E-state index is 0.140. The van der Waals surface area contributed by atoms with Crippen LogP contribution >= 0.6 is 0 Å². The van der Waals surface area contributed by atoms with Crippen molar-refractivity contribution < 1.29 is 9.90 Å². The molecular formula is C25H46N4O2. The van der Waals surface area contributed by atoms with Crippen molar-refractivity contribution in [3.8, 4) is 0 Å². The number of aryl methyl sites for hydroxylation is 1. The topological polar surface area (TPSA) is 141 Å². The maximum absolute atomic E-state index is 10.3. The second kappa shape index (κ2) is 25.8. The summed E-state index contributed by atoms with van der Waals surface area (Å²) in [5.41, 5.74) is 22.7. The normalized spacial score (nSPS) is 9.87. The van der Waals surface area contributed by atoms with Gasteiger partial charge in [0.15, 0.2) is 0 Å². The van der Waals surface area contributed by atoms with Crippen LogP contribution in [0.4, 0.5) is 0 Å². The van der Waals surface area contributed by atoms with Gasteiger partial charge in [0, 0.05) is 0 Å². The number of nitrogens with two attached hydrogens (primary N) is 4. The summed E-state index contributed by atoms with van der Waals surface area (Å²) in [6.07, 6.45) is 1.62. The van der Waals surface area contributed by atoms with E-state index in [0.717, 1.165) is 25.1 Å². The van der Waals surface area contributed by atoms with Gasteiger partial charge in [-0.05, 0) is 44.3 Å². The first-order chi connectivity index (χ1) is 14.8. The van der Waals surface area contributed by atoms with E-state index in [2.05, 4.69) is 19.1 Å². The second-order valence-corrected chi connectivity index (χ2v) is 6.87. The van der Waals surface area contributed by atoms with Crippen LogP contribution in [0.2, 0.25) is 0 Å². The SMILES string of the molecule is CC.CC(C)CC(N)C(N)=O.Cc1ccccc1.NCCCN.OCc1ccccc1. The molecule has 0 aromatic heterocycles. The number of carbonyl (C=O) groups is 1. The quantitative estimate of drug-likeness (QED) is 0.474. The molecule has 6 heteroatoms. The van der Waals surface area contributed by atoms with Gasteiger partial charge in [-0.2, -0.15) is 0 Å². The maximum Gasteiger partial charge on any atom is 0.234 e. The number of aliphatic hydroxyl groups excluding tert-OH is 1. The molecule has 2 aromatic rings. The van der Waals surface area contributed by atoms with Crippen LogP contribution in [0.1, 0.15) is 51.7 Å². The zero-order valence-corrected chi connectivity index (χ0v) is 20.1. The molecule has 1 amide bonds. The van der Waals surface area contributed by atoms with Gasteiger partial charge in [-0.25, -0.2) is 0 Å². The van der Waals surface area contributed by atoms with E-state index in [4.69, 9.17) is 28.0 Å². The molecule has 1 atom stereocenters. The molecule has 2 rings (SSSR count). The van der Waals surface area contributed by atoms with Crippen LogP contribution in [0, 0.1) is 12.8 Å². The summed E-state index contributed by atoms with van der Waals surface area (Å²) in [7, 11) is 0. The van der Waals surface area contributed by atoms with Gasteiger partial charge < -0.3 is 28.0 Å². The number of hydrogen-bond donors (Lipinski definition) is 5. The molecule has 9 N–H and O–H groups in total. The first kappa shape index (κ1) is 33.4. The average Bonchev–Trinajstić information content (AvgIpc) is 2.77. The first-order valence-electron chi connectivity index (χ1n) is 10.9. The van der Waals surface area contributed by atoms with E-state index < -0.39 is 11.9 Å². The van der Waals surface area contributed by atoms with Crippen molar-refractivity contribution in [2.75, 3.05) is 13.1 Å². The second-order valence-electron chi connectivity index (χ2n) is 6.87. The van der Waals surface area contributed by atoms with Crippen LogP contribution < -0.4 is 22.9 Å². The molecule has 0 radical (unpaired) electrons. The lowest BCUT2D eigenvalue weighted by molar-refractivity contribution is -0.119. The van der Waals surface area contributed by atoms with Crippen molar-refractivity contribution in [2.24, 2.45) is 28.9 Å². The standard InChI is InChI=1S/C7H8O.C7H8.C6H14N2O.C3H10N2.C2H6/c8-6-7-4-2-1-3-5-7;1-7-5-3-2-4-6-7;1-4(2)3-5(7)6(8)9;4-2-1-3-5;1-2/h1-5,8H,6H2;2-6H,1H3;4-5H,3,7H2,1-2H3,(H2,8,9);1-5H2;1-2H3. The number of hydrogen-bond acceptors (Lipinski definition) is 5. The highest BCUT2D eigenvalue weighted by molar-refractivity contribution is 5.79. The van der Waals surface area contributed by atoms with Crippen molar-refractivity contribution in [3.63, 3.8) is 0 Å². The van der Waals surface area contributed by atoms with Gasteiger partial charge in [-0.15, -0.1) is 0 Å². The van der Waals surface area contributed by atoms with Crippen molar-refractivity contribution in [1.29, 1.82) is 0 Å². The first-order valence-corrected chi connectivity index (χ1v) is 10.9. The van der Waals surface area contributed by atoms with Gasteiger partial charge >= 0.3 is 0 Å². The molecule has 31 heavy (non-hydrogen) atoms. The Morgan fingerprint density at radius 3 is 1.48 bits per heavy atom. The van der Waals surface area contributed by atoms with Crippen LogP contribution in [0.5, 0.6) is 0 Å². The smallest absolute Gasteiger partial charge is 0.234 e. The number of aliphatic hydroxyl groups is 1. The Kier molecular flexibility index (Phi) is 27.8. The summed E-state index contributed by atoms with van der Waals surface area (Å²) < 4.78 is 0. The molecule has 0 heterocycles. The number of carbonyl (C=O) groups excluding carboxylic acids is 1. The van der Waals surface area contributed by atoms with Gasteiger partial charge in [0.1, 0.15) is 0 Å². The Bertz CT molecular complexity index is 591. The fourth-order valence-electron chi connectivity index (χ4n) is 1.86. The summed E-state index contributed by atoms with van der Waals surface area (Å²) in [5, 5.41) is 8.54. The van der Waals surface area contributed by atoms with E-state index in [1.165, 1.54) is 5.56 Å². The van der Waals surface area contributed by atoms with Gasteiger partial charge in [-0.1, -0.05) is 93.9 Å². The van der Waals surface area contributed by atoms with Gasteiger partial charge in [0.25, 0.3) is 0 Å². The largest absolute Gasteiger partial charge is 0.392 e. The van der Waals surface area contributed by atoms with E-state index in [1.54, 1.807) is 0 Å². The molecule has 1 unspecified atom stereocenters. The lowest BCUT2D eigenvalue weighted by Crippen LogP contribution is -2.37. The van der Waals surface area contributed by atoms with Crippen LogP contribution in [0.25, 0.3) is 0 Å². The summed E-state index contributed by atoms with van der Waals surface area (Å²) in [6, 6.07) is 19.3. The van der Waals surface area contributed by atoms with Crippen molar-refractivity contribution in [1.82, 2.24) is 0 Å². The predicted molar refractivity (Wildman–Crippen MR) is 134 cm³/mol. The molecule has 2 aromatic carbocycles. The molecule has 6 nitrogen and oxygen atoms in total. The van der Waals surface area contributed by atoms with Crippen LogP contribution in [0.15, 0.2) is 60.7 Å². The molecule has 0 aliphatic rings. The lowest BCUT2D eigenvalue weighted by atomic mass is 10.0. The molecule has 178 valence electrons. The van der Waals surface area contributed by atoms with E-state index in [0.29, 0.717) is 12.3 Å². The molecule has 0 aliphatic carbocycles. The zero-order valence-electron chi connectivity index (χ0n) is 20.1. The van der Waals surface area contributed by atoms with Crippen LogP contribution in [0.3, 0.4) is 0 Å². The fraction of sp³-hybridized carbons (Fsp3) is 0.480. The van der Waals surface area contributed by atoms with E-state index in [9.17, 15) is 4.79 Å². The van der Waals surface area contributed by atoms with Crippen molar-refractivity contribution in [2.45, 2.75) is 60.1 Å². The van der Waals surface area contributed by atoms with E-state index in [-0.39, 0.29) is 6.61 Å². The summed E-state index contributed by atoms with van der Waals surface area (Å²) in [5.74, 6) is 0.0243. The third-order valence-corrected chi connectivity index (χ3v) is 3.46.